The molecular weight excluding hydrogens is 424 g/mol. The number of benzene rings is 1. The fourth-order valence-electron chi connectivity index (χ4n) is 5.93. The molecule has 5 rings (SSSR count). The number of rotatable bonds is 3. The smallest absolute Gasteiger partial charge is 0.313 e. The molecule has 8 heteroatoms. The summed E-state index contributed by atoms with van der Waals surface area (Å²) in [5, 5.41) is 9.72. The number of esters is 1. The third-order valence-corrected chi connectivity index (χ3v) is 7.31. The molecule has 4 aliphatic heterocycles. The molecule has 8 nitrogen and oxygen atoms in total. The molecular formula is C25H28N2O6. The number of carbonyl (C=O) groups excluding carboxylic acids is 3. The number of carbonyl (C=O) groups is 3. The molecule has 0 bridgehead atoms. The van der Waals surface area contributed by atoms with Gasteiger partial charge in [0.1, 0.15) is 24.2 Å². The Balaban J connectivity index is 1.66. The lowest BCUT2D eigenvalue weighted by molar-refractivity contribution is -0.156. The molecule has 1 unspecified atom stereocenters. The van der Waals surface area contributed by atoms with Gasteiger partial charge in [-0.25, -0.2) is 0 Å². The Hall–Kier alpha value is -2.97. The van der Waals surface area contributed by atoms with Gasteiger partial charge < -0.3 is 24.4 Å². The van der Waals surface area contributed by atoms with Gasteiger partial charge in [-0.2, -0.15) is 0 Å². The van der Waals surface area contributed by atoms with Crippen LogP contribution in [-0.4, -0.2) is 71.3 Å². The molecule has 0 saturated carbocycles. The van der Waals surface area contributed by atoms with E-state index in [1.807, 2.05) is 38.1 Å². The predicted octanol–water partition coefficient (Wildman–Crippen LogP) is 1.28. The molecule has 4 aliphatic rings. The van der Waals surface area contributed by atoms with Gasteiger partial charge in [0.2, 0.25) is 5.91 Å². The van der Waals surface area contributed by atoms with Crippen LogP contribution in [0.1, 0.15) is 18.1 Å². The minimum absolute atomic E-state index is 0.0281. The number of cyclic esters (lactones) is 1. The Kier molecular flexibility index (Phi) is 4.99. The van der Waals surface area contributed by atoms with Gasteiger partial charge in [-0.1, -0.05) is 30.4 Å². The van der Waals surface area contributed by atoms with Crippen molar-refractivity contribution >= 4 is 23.5 Å². The Labute approximate surface area is 192 Å². The average molecular weight is 453 g/mol. The summed E-state index contributed by atoms with van der Waals surface area (Å²) in [5.41, 5.74) is 0.286. The SMILES string of the molecule is Cc1ccc(C)c(N2CC=C[C@]34O[C@]5(C)C=CCOC(=O)[C@@H]5[C@H]3C(=O)N(CCO)C4C2=O)c1. The van der Waals surface area contributed by atoms with Gasteiger partial charge in [0.05, 0.1) is 18.1 Å². The van der Waals surface area contributed by atoms with Crippen molar-refractivity contribution in [2.45, 2.75) is 38.0 Å². The molecule has 1 aromatic rings. The van der Waals surface area contributed by atoms with Crippen LogP contribution in [0.3, 0.4) is 0 Å². The number of aryl methyl sites for hydroxylation is 2. The first kappa shape index (κ1) is 21.9. The Bertz CT molecular complexity index is 1100. The molecule has 4 heterocycles. The quantitative estimate of drug-likeness (QED) is 0.548. The summed E-state index contributed by atoms with van der Waals surface area (Å²) in [7, 11) is 0. The monoisotopic (exact) mass is 452 g/mol. The van der Waals surface area contributed by atoms with Crippen LogP contribution in [0.25, 0.3) is 0 Å². The van der Waals surface area contributed by atoms with E-state index < -0.39 is 35.0 Å². The van der Waals surface area contributed by atoms with Crippen molar-refractivity contribution in [2.24, 2.45) is 11.8 Å². The molecule has 174 valence electrons. The highest BCUT2D eigenvalue weighted by atomic mass is 16.6. The lowest BCUT2D eigenvalue weighted by Gasteiger charge is -2.37. The van der Waals surface area contributed by atoms with Crippen molar-refractivity contribution in [3.63, 3.8) is 0 Å². The summed E-state index contributed by atoms with van der Waals surface area (Å²) in [4.78, 5) is 43.8. The number of ether oxygens (including phenoxy) is 2. The average Bonchev–Trinajstić information content (AvgIpc) is 3.01. The van der Waals surface area contributed by atoms with Gasteiger partial charge in [0, 0.05) is 18.8 Å². The molecule has 0 aromatic heterocycles. The van der Waals surface area contributed by atoms with Crippen molar-refractivity contribution < 1.29 is 29.0 Å². The van der Waals surface area contributed by atoms with E-state index in [0.29, 0.717) is 6.54 Å². The van der Waals surface area contributed by atoms with Gasteiger partial charge in [0.15, 0.2) is 0 Å². The minimum atomic E-state index is -1.34. The number of anilines is 1. The van der Waals surface area contributed by atoms with E-state index in [4.69, 9.17) is 9.47 Å². The second-order valence-electron chi connectivity index (χ2n) is 9.43. The van der Waals surface area contributed by atoms with Gasteiger partial charge >= 0.3 is 5.97 Å². The number of hydrogen-bond acceptors (Lipinski definition) is 6. The van der Waals surface area contributed by atoms with Crippen molar-refractivity contribution in [3.8, 4) is 0 Å². The molecule has 0 radical (unpaired) electrons. The van der Waals surface area contributed by atoms with Gasteiger partial charge in [0.25, 0.3) is 5.91 Å². The third-order valence-electron chi connectivity index (χ3n) is 7.31. The fourth-order valence-corrected chi connectivity index (χ4v) is 5.93. The van der Waals surface area contributed by atoms with Crippen LogP contribution >= 0.6 is 0 Å². The standard InChI is InChI=1S/C25H28N2O6/c1-15-6-7-16(2)17(14-15)26-10-4-9-25-18(21(29)27(11-12-28)20(25)22(26)30)19-23(31)32-13-5-8-24(19,3)33-25/h4-9,14,18-20,28H,10-13H2,1-3H3/t18-,19-,20?,24+,25-/m0/s1. The highest BCUT2D eigenvalue weighted by molar-refractivity contribution is 6.06. The van der Waals surface area contributed by atoms with Gasteiger partial charge in [-0.15, -0.1) is 0 Å². The summed E-state index contributed by atoms with van der Waals surface area (Å²) >= 11 is 0. The Morgan fingerprint density at radius 3 is 2.64 bits per heavy atom. The maximum absolute atomic E-state index is 14.1. The van der Waals surface area contributed by atoms with Crippen molar-refractivity contribution in [1.29, 1.82) is 0 Å². The first-order valence-corrected chi connectivity index (χ1v) is 11.3. The molecule has 2 saturated heterocycles. The number of likely N-dealkylation sites (tertiary alicyclic amines) is 1. The lowest BCUT2D eigenvalue weighted by atomic mass is 9.75. The maximum Gasteiger partial charge on any atom is 0.313 e. The zero-order chi connectivity index (χ0) is 23.5. The lowest BCUT2D eigenvalue weighted by Crippen LogP contribution is -2.56. The second kappa shape index (κ2) is 7.53. The van der Waals surface area contributed by atoms with E-state index in [2.05, 4.69) is 0 Å². The van der Waals surface area contributed by atoms with E-state index in [-0.39, 0.29) is 31.6 Å². The Morgan fingerprint density at radius 1 is 1.09 bits per heavy atom. The van der Waals surface area contributed by atoms with Crippen LogP contribution < -0.4 is 4.90 Å². The molecule has 33 heavy (non-hydrogen) atoms. The summed E-state index contributed by atoms with van der Waals surface area (Å²) < 4.78 is 11.9. The van der Waals surface area contributed by atoms with Gasteiger partial charge in [-0.3, -0.25) is 14.4 Å². The number of β-amino-alcohol motifs (C(OH)–C–C–N with tert-alkyl or cyclic N) is 1. The van der Waals surface area contributed by atoms with Crippen LogP contribution in [-0.2, 0) is 23.9 Å². The summed E-state index contributed by atoms with van der Waals surface area (Å²) in [6.45, 7) is 5.74. The first-order valence-electron chi connectivity index (χ1n) is 11.3. The maximum atomic E-state index is 14.1. The normalized spacial score (nSPS) is 35.2. The van der Waals surface area contributed by atoms with Crippen LogP contribution in [0, 0.1) is 25.7 Å². The topological polar surface area (TPSA) is 96.4 Å². The Morgan fingerprint density at radius 2 is 1.88 bits per heavy atom. The van der Waals surface area contributed by atoms with Crippen LogP contribution in [0.5, 0.6) is 0 Å². The highest BCUT2D eigenvalue weighted by Gasteiger charge is 2.74. The zero-order valence-electron chi connectivity index (χ0n) is 19.0. The molecule has 1 N–H and O–H groups in total. The first-order chi connectivity index (χ1) is 15.7. The second-order valence-corrected chi connectivity index (χ2v) is 9.43. The number of aliphatic hydroxyl groups is 1. The molecule has 0 aliphatic carbocycles. The molecule has 1 aromatic carbocycles. The van der Waals surface area contributed by atoms with Crippen LogP contribution in [0.2, 0.25) is 0 Å². The fraction of sp³-hybridized carbons (Fsp3) is 0.480. The van der Waals surface area contributed by atoms with E-state index in [9.17, 15) is 19.5 Å². The van der Waals surface area contributed by atoms with Crippen LogP contribution in [0.15, 0.2) is 42.5 Å². The van der Waals surface area contributed by atoms with E-state index in [0.717, 1.165) is 16.8 Å². The molecule has 5 atom stereocenters. The molecule has 2 amide bonds. The largest absolute Gasteiger partial charge is 0.461 e. The molecule has 2 fully saturated rings. The number of hydrogen-bond donors (Lipinski definition) is 1. The van der Waals surface area contributed by atoms with Crippen LogP contribution in [0.4, 0.5) is 5.69 Å². The summed E-state index contributed by atoms with van der Waals surface area (Å²) in [5.74, 6) is -3.00. The minimum Gasteiger partial charge on any atom is -0.461 e. The third kappa shape index (κ3) is 3.00. The molecule has 1 spiro atoms. The number of fused-ring (bicyclic) bond motifs is 2. The number of aliphatic hydroxyl groups excluding tert-OH is 1. The predicted molar refractivity (Wildman–Crippen MR) is 119 cm³/mol. The zero-order valence-corrected chi connectivity index (χ0v) is 19.0. The van der Waals surface area contributed by atoms with E-state index >= 15 is 0 Å². The van der Waals surface area contributed by atoms with Gasteiger partial charge in [-0.05, 0) is 44.0 Å². The summed E-state index contributed by atoms with van der Waals surface area (Å²) in [6, 6.07) is 4.89. The number of amides is 2. The van der Waals surface area contributed by atoms with E-state index in [1.165, 1.54) is 4.90 Å². The van der Waals surface area contributed by atoms with Crippen molar-refractivity contribution in [3.05, 3.63) is 53.6 Å². The van der Waals surface area contributed by atoms with Crippen molar-refractivity contribution in [1.82, 2.24) is 4.90 Å². The number of nitrogens with zero attached hydrogens (tertiary/aromatic N) is 2. The van der Waals surface area contributed by atoms with Crippen molar-refractivity contribution in [2.75, 3.05) is 31.2 Å². The van der Waals surface area contributed by atoms with E-state index in [1.54, 1.807) is 30.1 Å². The highest BCUT2D eigenvalue weighted by Crippen LogP contribution is 2.57. The summed E-state index contributed by atoms with van der Waals surface area (Å²) in [6.07, 6.45) is 7.10.